The minimum Gasteiger partial charge on any atom is -0.468 e. The van der Waals surface area contributed by atoms with Crippen LogP contribution in [-0.4, -0.2) is 36.2 Å². The third kappa shape index (κ3) is 2.54. The lowest BCUT2D eigenvalue weighted by atomic mass is 9.95. The molecule has 2 saturated carbocycles. The van der Waals surface area contributed by atoms with E-state index in [4.69, 9.17) is 4.74 Å². The summed E-state index contributed by atoms with van der Waals surface area (Å²) >= 11 is 1.83. The number of esters is 1. The van der Waals surface area contributed by atoms with Crippen LogP contribution in [0.4, 0.5) is 0 Å². The highest BCUT2D eigenvalue weighted by atomic mass is 32.2. The molecule has 16 heavy (non-hydrogen) atoms. The second-order valence-corrected chi connectivity index (χ2v) is 6.07. The molecule has 3 nitrogen and oxygen atoms in total. The lowest BCUT2D eigenvalue weighted by molar-refractivity contribution is -0.148. The van der Waals surface area contributed by atoms with Crippen molar-refractivity contribution in [2.24, 2.45) is 5.92 Å². The van der Waals surface area contributed by atoms with Crippen LogP contribution in [-0.2, 0) is 9.53 Å². The summed E-state index contributed by atoms with van der Waals surface area (Å²) in [6, 6.07) is 0.553. The van der Waals surface area contributed by atoms with E-state index in [0.29, 0.717) is 12.0 Å². The van der Waals surface area contributed by atoms with Crippen LogP contribution in [0.1, 0.15) is 32.6 Å². The van der Waals surface area contributed by atoms with Crippen LogP contribution >= 0.6 is 11.8 Å². The van der Waals surface area contributed by atoms with Gasteiger partial charge in [0.05, 0.1) is 7.11 Å². The molecular formula is C12H21NO2S. The van der Waals surface area contributed by atoms with Crippen molar-refractivity contribution in [1.29, 1.82) is 0 Å². The molecule has 4 heteroatoms. The van der Waals surface area contributed by atoms with Crippen molar-refractivity contribution >= 4 is 17.7 Å². The maximum absolute atomic E-state index is 12.1. The maximum Gasteiger partial charge on any atom is 0.327 e. The van der Waals surface area contributed by atoms with Gasteiger partial charge in [0.1, 0.15) is 5.54 Å². The first kappa shape index (κ1) is 12.2. The first-order valence-corrected chi connectivity index (χ1v) is 7.32. The number of methoxy groups -OCH3 is 1. The molecule has 0 aromatic rings. The Bertz CT molecular complexity index is 264. The zero-order chi connectivity index (χ0) is 11.6. The van der Waals surface area contributed by atoms with Crippen LogP contribution < -0.4 is 5.32 Å². The van der Waals surface area contributed by atoms with Crippen molar-refractivity contribution < 1.29 is 9.53 Å². The average molecular weight is 243 g/mol. The molecule has 0 amide bonds. The van der Waals surface area contributed by atoms with E-state index in [1.165, 1.54) is 32.8 Å². The second-order valence-electron chi connectivity index (χ2n) is 4.79. The van der Waals surface area contributed by atoms with Crippen LogP contribution in [0.3, 0.4) is 0 Å². The first-order valence-electron chi connectivity index (χ1n) is 6.16. The van der Waals surface area contributed by atoms with Crippen molar-refractivity contribution in [3.63, 3.8) is 0 Å². The van der Waals surface area contributed by atoms with Gasteiger partial charge in [0.25, 0.3) is 0 Å². The van der Waals surface area contributed by atoms with Crippen LogP contribution in [0.2, 0.25) is 0 Å². The average Bonchev–Trinajstić information content (AvgIpc) is 3.15. The van der Waals surface area contributed by atoms with Gasteiger partial charge in [0.2, 0.25) is 0 Å². The summed E-state index contributed by atoms with van der Waals surface area (Å²) < 4.78 is 5.03. The Morgan fingerprint density at radius 1 is 1.44 bits per heavy atom. The van der Waals surface area contributed by atoms with Gasteiger partial charge >= 0.3 is 5.97 Å². The number of rotatable bonds is 7. The standard InChI is InChI=1S/C12H21NO2S/c1-3-16-8-12(9-4-5-9,11(14)15-2)13-10-6-7-10/h9-10,13H,3-8H2,1-2H3. The smallest absolute Gasteiger partial charge is 0.327 e. The van der Waals surface area contributed by atoms with Gasteiger partial charge in [-0.3, -0.25) is 10.1 Å². The molecule has 92 valence electrons. The number of hydrogen-bond donors (Lipinski definition) is 1. The van der Waals surface area contributed by atoms with Gasteiger partial charge in [-0.1, -0.05) is 6.92 Å². The highest BCUT2D eigenvalue weighted by Gasteiger charge is 2.53. The number of hydrogen-bond acceptors (Lipinski definition) is 4. The Balaban J connectivity index is 2.07. The van der Waals surface area contributed by atoms with E-state index in [9.17, 15) is 4.79 Å². The summed E-state index contributed by atoms with van der Waals surface area (Å²) in [5, 5.41) is 3.56. The summed E-state index contributed by atoms with van der Waals surface area (Å²) in [5.41, 5.74) is -0.392. The van der Waals surface area contributed by atoms with Crippen molar-refractivity contribution in [2.45, 2.75) is 44.2 Å². The van der Waals surface area contributed by atoms with Crippen molar-refractivity contribution in [1.82, 2.24) is 5.32 Å². The highest BCUT2D eigenvalue weighted by molar-refractivity contribution is 7.99. The molecule has 0 radical (unpaired) electrons. The molecule has 0 saturated heterocycles. The Morgan fingerprint density at radius 3 is 2.56 bits per heavy atom. The molecule has 0 aliphatic heterocycles. The van der Waals surface area contributed by atoms with Gasteiger partial charge in [-0.05, 0) is 37.4 Å². The lowest BCUT2D eigenvalue weighted by Gasteiger charge is -2.32. The maximum atomic E-state index is 12.1. The Kier molecular flexibility index (Phi) is 3.80. The zero-order valence-corrected chi connectivity index (χ0v) is 10.9. The predicted molar refractivity (Wildman–Crippen MR) is 66.6 cm³/mol. The molecule has 0 heterocycles. The first-order chi connectivity index (χ1) is 7.73. The van der Waals surface area contributed by atoms with E-state index in [-0.39, 0.29) is 5.97 Å². The van der Waals surface area contributed by atoms with Crippen molar-refractivity contribution in [3.8, 4) is 0 Å². The topological polar surface area (TPSA) is 38.3 Å². The molecule has 0 aromatic carbocycles. The fourth-order valence-corrected chi connectivity index (χ4v) is 3.14. The van der Waals surface area contributed by atoms with Gasteiger partial charge < -0.3 is 4.74 Å². The monoisotopic (exact) mass is 243 g/mol. The number of ether oxygens (including phenoxy) is 1. The summed E-state index contributed by atoms with van der Waals surface area (Å²) in [4.78, 5) is 12.1. The predicted octanol–water partition coefficient (Wildman–Crippen LogP) is 1.81. The number of thioether (sulfide) groups is 1. The molecule has 2 aliphatic rings. The largest absolute Gasteiger partial charge is 0.468 e. The number of nitrogens with one attached hydrogen (secondary N) is 1. The van der Waals surface area contributed by atoms with E-state index in [2.05, 4.69) is 12.2 Å². The SMILES string of the molecule is CCSCC(NC1CC1)(C(=O)OC)C1CC1. The van der Waals surface area contributed by atoms with Crippen LogP contribution in [0, 0.1) is 5.92 Å². The van der Waals surface area contributed by atoms with E-state index < -0.39 is 5.54 Å². The fourth-order valence-electron chi connectivity index (χ4n) is 2.18. The molecule has 1 N–H and O–H groups in total. The number of carbonyl (C=O) groups is 1. The summed E-state index contributed by atoms with van der Waals surface area (Å²) in [5.74, 6) is 2.36. The molecule has 1 atom stereocenters. The van der Waals surface area contributed by atoms with Gasteiger partial charge in [0.15, 0.2) is 0 Å². The molecular weight excluding hydrogens is 222 g/mol. The van der Waals surface area contributed by atoms with Crippen LogP contribution in [0.15, 0.2) is 0 Å². The van der Waals surface area contributed by atoms with E-state index in [0.717, 1.165) is 11.5 Å². The Morgan fingerprint density at radius 2 is 2.12 bits per heavy atom. The molecule has 2 rings (SSSR count). The van der Waals surface area contributed by atoms with E-state index in [1.807, 2.05) is 11.8 Å². The van der Waals surface area contributed by atoms with Crippen LogP contribution in [0.5, 0.6) is 0 Å². The fraction of sp³-hybridized carbons (Fsp3) is 0.917. The van der Waals surface area contributed by atoms with E-state index >= 15 is 0 Å². The van der Waals surface area contributed by atoms with Gasteiger partial charge in [-0.25, -0.2) is 0 Å². The van der Waals surface area contributed by atoms with Gasteiger partial charge in [-0.15, -0.1) is 0 Å². The summed E-state index contributed by atoms with van der Waals surface area (Å²) in [6.07, 6.45) is 4.75. The number of carbonyl (C=O) groups excluding carboxylic acids is 1. The minimum absolute atomic E-state index is 0.0529. The second kappa shape index (κ2) is 4.96. The Labute approximate surface area is 102 Å². The van der Waals surface area contributed by atoms with Gasteiger partial charge in [0, 0.05) is 11.8 Å². The molecule has 0 aromatic heterocycles. The normalized spacial score (nSPS) is 23.9. The summed E-state index contributed by atoms with van der Waals surface area (Å²) in [7, 11) is 1.50. The van der Waals surface area contributed by atoms with Crippen molar-refractivity contribution in [2.75, 3.05) is 18.6 Å². The zero-order valence-electron chi connectivity index (χ0n) is 10.1. The quantitative estimate of drug-likeness (QED) is 0.692. The molecule has 2 aliphatic carbocycles. The molecule has 2 fully saturated rings. The van der Waals surface area contributed by atoms with Crippen LogP contribution in [0.25, 0.3) is 0 Å². The lowest BCUT2D eigenvalue weighted by Crippen LogP contribution is -2.57. The third-order valence-electron chi connectivity index (χ3n) is 3.40. The molecule has 0 bridgehead atoms. The Hall–Kier alpha value is -0.220. The molecule has 0 spiro atoms. The van der Waals surface area contributed by atoms with Gasteiger partial charge in [-0.2, -0.15) is 11.8 Å². The minimum atomic E-state index is -0.392. The highest BCUT2D eigenvalue weighted by Crippen LogP contribution is 2.43. The molecule has 1 unspecified atom stereocenters. The van der Waals surface area contributed by atoms with E-state index in [1.54, 1.807) is 0 Å². The van der Waals surface area contributed by atoms with Crippen molar-refractivity contribution in [3.05, 3.63) is 0 Å². The summed E-state index contributed by atoms with van der Waals surface area (Å²) in [6.45, 7) is 2.14. The third-order valence-corrected chi connectivity index (χ3v) is 4.46.